The van der Waals surface area contributed by atoms with Gasteiger partial charge < -0.3 is 4.57 Å². The predicted molar refractivity (Wildman–Crippen MR) is 83.7 cm³/mol. The van der Waals surface area contributed by atoms with Crippen LogP contribution in [0.1, 0.15) is 43.8 Å². The zero-order valence-corrected chi connectivity index (χ0v) is 13.4. The average Bonchev–Trinajstić information content (AvgIpc) is 2.66. The fourth-order valence-corrected chi connectivity index (χ4v) is 3.26. The SMILES string of the molecule is CC(Cl)c1nc2ccc(Br)cc2n1CCC1CCC1. The molecule has 1 aromatic heterocycles. The fourth-order valence-electron chi connectivity index (χ4n) is 2.75. The highest BCUT2D eigenvalue weighted by molar-refractivity contribution is 9.10. The summed E-state index contributed by atoms with van der Waals surface area (Å²) >= 11 is 9.83. The van der Waals surface area contributed by atoms with Crippen LogP contribution in [0, 0.1) is 5.92 Å². The minimum Gasteiger partial charge on any atom is -0.327 e. The second kappa shape index (κ2) is 5.45. The number of imidazole rings is 1. The van der Waals surface area contributed by atoms with E-state index in [1.807, 2.05) is 13.0 Å². The fraction of sp³-hybridized carbons (Fsp3) is 0.533. The van der Waals surface area contributed by atoms with E-state index in [-0.39, 0.29) is 5.38 Å². The number of fused-ring (bicyclic) bond motifs is 1. The summed E-state index contributed by atoms with van der Waals surface area (Å²) in [7, 11) is 0. The molecule has 2 nitrogen and oxygen atoms in total. The molecule has 0 bridgehead atoms. The van der Waals surface area contributed by atoms with Crippen molar-refractivity contribution < 1.29 is 0 Å². The third kappa shape index (κ3) is 2.68. The molecule has 0 saturated heterocycles. The second-order valence-corrected chi connectivity index (χ2v) is 7.03. The minimum absolute atomic E-state index is 0.0485. The summed E-state index contributed by atoms with van der Waals surface area (Å²) in [5.74, 6) is 1.90. The van der Waals surface area contributed by atoms with Crippen molar-refractivity contribution in [3.05, 3.63) is 28.5 Å². The minimum atomic E-state index is -0.0485. The number of hydrogen-bond acceptors (Lipinski definition) is 1. The van der Waals surface area contributed by atoms with Crippen LogP contribution in [-0.2, 0) is 6.54 Å². The van der Waals surface area contributed by atoms with E-state index in [1.54, 1.807) is 0 Å². The lowest BCUT2D eigenvalue weighted by atomic mass is 9.83. The van der Waals surface area contributed by atoms with Gasteiger partial charge in [0, 0.05) is 11.0 Å². The summed E-state index contributed by atoms with van der Waals surface area (Å²) in [6.07, 6.45) is 5.43. The Morgan fingerprint density at radius 3 is 2.89 bits per heavy atom. The van der Waals surface area contributed by atoms with Crippen LogP contribution in [0.4, 0.5) is 0 Å². The number of aromatic nitrogens is 2. The van der Waals surface area contributed by atoms with E-state index in [0.717, 1.165) is 28.3 Å². The number of aryl methyl sites for hydroxylation is 1. The molecule has 2 aromatic rings. The lowest BCUT2D eigenvalue weighted by Gasteiger charge is -2.25. The van der Waals surface area contributed by atoms with Gasteiger partial charge in [0.15, 0.2) is 0 Å². The summed E-state index contributed by atoms with van der Waals surface area (Å²) in [6, 6.07) is 6.24. The van der Waals surface area contributed by atoms with Gasteiger partial charge in [0.25, 0.3) is 0 Å². The first-order valence-electron chi connectivity index (χ1n) is 6.95. The zero-order chi connectivity index (χ0) is 13.4. The third-order valence-corrected chi connectivity index (χ3v) is 4.77. The van der Waals surface area contributed by atoms with E-state index < -0.39 is 0 Å². The molecule has 0 amide bonds. The van der Waals surface area contributed by atoms with Crippen molar-refractivity contribution >= 4 is 38.6 Å². The lowest BCUT2D eigenvalue weighted by Crippen LogP contribution is -2.15. The number of rotatable bonds is 4. The van der Waals surface area contributed by atoms with Crippen molar-refractivity contribution in [1.29, 1.82) is 0 Å². The number of halogens is 2. The Labute approximate surface area is 127 Å². The van der Waals surface area contributed by atoms with E-state index in [0.29, 0.717) is 0 Å². The molecule has 1 saturated carbocycles. The molecule has 1 heterocycles. The van der Waals surface area contributed by atoms with E-state index in [9.17, 15) is 0 Å². The van der Waals surface area contributed by atoms with Gasteiger partial charge in [0.2, 0.25) is 0 Å². The Balaban J connectivity index is 1.96. The molecule has 0 spiro atoms. The van der Waals surface area contributed by atoms with Crippen LogP contribution in [0.25, 0.3) is 11.0 Å². The molecule has 102 valence electrons. The molecule has 4 heteroatoms. The smallest absolute Gasteiger partial charge is 0.127 e. The van der Waals surface area contributed by atoms with Gasteiger partial charge in [-0.15, -0.1) is 11.6 Å². The number of alkyl halides is 1. The monoisotopic (exact) mass is 340 g/mol. The Morgan fingerprint density at radius 1 is 1.47 bits per heavy atom. The largest absolute Gasteiger partial charge is 0.327 e. The molecule has 3 rings (SSSR count). The van der Waals surface area contributed by atoms with Gasteiger partial charge in [-0.2, -0.15) is 0 Å². The molecule has 1 aliphatic carbocycles. The first-order chi connectivity index (χ1) is 9.15. The summed E-state index contributed by atoms with van der Waals surface area (Å²) in [4.78, 5) is 4.69. The summed E-state index contributed by atoms with van der Waals surface area (Å²) in [6.45, 7) is 3.03. The highest BCUT2D eigenvalue weighted by Crippen LogP contribution is 2.32. The van der Waals surface area contributed by atoms with E-state index in [4.69, 9.17) is 11.6 Å². The van der Waals surface area contributed by atoms with Crippen molar-refractivity contribution in [1.82, 2.24) is 9.55 Å². The summed E-state index contributed by atoms with van der Waals surface area (Å²) < 4.78 is 3.40. The number of hydrogen-bond donors (Lipinski definition) is 0. The van der Waals surface area contributed by atoms with Gasteiger partial charge in [0.1, 0.15) is 5.82 Å². The molecule has 0 N–H and O–H groups in total. The molecule has 1 aliphatic rings. The molecule has 1 fully saturated rings. The van der Waals surface area contributed by atoms with Gasteiger partial charge in [-0.25, -0.2) is 4.98 Å². The van der Waals surface area contributed by atoms with Crippen LogP contribution >= 0.6 is 27.5 Å². The van der Waals surface area contributed by atoms with Crippen LogP contribution in [0.5, 0.6) is 0 Å². The zero-order valence-electron chi connectivity index (χ0n) is 11.1. The van der Waals surface area contributed by atoms with E-state index in [1.165, 1.54) is 31.2 Å². The molecule has 1 unspecified atom stereocenters. The van der Waals surface area contributed by atoms with Crippen molar-refractivity contribution in [2.75, 3.05) is 0 Å². The van der Waals surface area contributed by atoms with Crippen LogP contribution in [-0.4, -0.2) is 9.55 Å². The molecule has 1 atom stereocenters. The standard InChI is InChI=1S/C15H18BrClN2/c1-10(17)15-18-13-6-5-12(16)9-14(13)19(15)8-7-11-3-2-4-11/h5-6,9-11H,2-4,7-8H2,1H3. The van der Waals surface area contributed by atoms with E-state index in [2.05, 4.69) is 37.6 Å². The first-order valence-corrected chi connectivity index (χ1v) is 8.18. The Bertz CT molecular complexity index is 587. The maximum absolute atomic E-state index is 6.29. The topological polar surface area (TPSA) is 17.8 Å². The highest BCUT2D eigenvalue weighted by Gasteiger charge is 2.20. The molecule has 0 radical (unpaired) electrons. The van der Waals surface area contributed by atoms with Crippen molar-refractivity contribution in [3.8, 4) is 0 Å². The average molecular weight is 342 g/mol. The molecule has 1 aromatic carbocycles. The van der Waals surface area contributed by atoms with Crippen molar-refractivity contribution in [2.24, 2.45) is 5.92 Å². The lowest BCUT2D eigenvalue weighted by molar-refractivity contribution is 0.282. The predicted octanol–water partition coefficient (Wildman–Crippen LogP) is 5.29. The van der Waals surface area contributed by atoms with Gasteiger partial charge in [-0.05, 0) is 37.5 Å². The normalized spacial score (nSPS) is 17.6. The van der Waals surface area contributed by atoms with E-state index >= 15 is 0 Å². The maximum atomic E-state index is 6.29. The van der Waals surface area contributed by atoms with Crippen LogP contribution in [0.2, 0.25) is 0 Å². The summed E-state index contributed by atoms with van der Waals surface area (Å²) in [5, 5.41) is -0.0485. The van der Waals surface area contributed by atoms with Crippen molar-refractivity contribution in [2.45, 2.75) is 44.5 Å². The van der Waals surface area contributed by atoms with Gasteiger partial charge in [-0.1, -0.05) is 35.2 Å². The quantitative estimate of drug-likeness (QED) is 0.691. The molecular formula is C15H18BrClN2. The van der Waals surface area contributed by atoms with Gasteiger partial charge in [0.05, 0.1) is 16.4 Å². The first kappa shape index (κ1) is 13.4. The van der Waals surface area contributed by atoms with Crippen LogP contribution < -0.4 is 0 Å². The summed E-state index contributed by atoms with van der Waals surface area (Å²) in [5.41, 5.74) is 2.23. The maximum Gasteiger partial charge on any atom is 0.127 e. The second-order valence-electron chi connectivity index (χ2n) is 5.46. The van der Waals surface area contributed by atoms with Crippen molar-refractivity contribution in [3.63, 3.8) is 0 Å². The Kier molecular flexibility index (Phi) is 3.86. The van der Waals surface area contributed by atoms with Gasteiger partial charge >= 0.3 is 0 Å². The number of benzene rings is 1. The third-order valence-electron chi connectivity index (χ3n) is 4.08. The van der Waals surface area contributed by atoms with Crippen LogP contribution in [0.3, 0.4) is 0 Å². The Hall–Kier alpha value is -0.540. The van der Waals surface area contributed by atoms with Crippen LogP contribution in [0.15, 0.2) is 22.7 Å². The van der Waals surface area contributed by atoms with Gasteiger partial charge in [-0.3, -0.25) is 0 Å². The highest BCUT2D eigenvalue weighted by atomic mass is 79.9. The number of nitrogens with zero attached hydrogens (tertiary/aromatic N) is 2. The Morgan fingerprint density at radius 2 is 2.26 bits per heavy atom. The molecular weight excluding hydrogens is 324 g/mol. The molecule has 0 aliphatic heterocycles. The molecule has 19 heavy (non-hydrogen) atoms.